The van der Waals surface area contributed by atoms with Gasteiger partial charge in [-0.05, 0) is 49.7 Å². The number of amides is 1. The average Bonchev–Trinajstić information content (AvgIpc) is 2.78. The van der Waals surface area contributed by atoms with E-state index in [9.17, 15) is 23.1 Å². The number of nitrogens with zero attached hydrogens (tertiary/aromatic N) is 3. The van der Waals surface area contributed by atoms with Gasteiger partial charge in [-0.3, -0.25) is 14.7 Å². The van der Waals surface area contributed by atoms with Crippen LogP contribution in [0.3, 0.4) is 0 Å². The maximum Gasteiger partial charge on any atom is 0.417 e. The first-order chi connectivity index (χ1) is 16.1. The molecule has 1 saturated heterocycles. The van der Waals surface area contributed by atoms with E-state index >= 15 is 0 Å². The Morgan fingerprint density at radius 3 is 2.56 bits per heavy atom. The molecule has 2 aromatic heterocycles. The van der Waals surface area contributed by atoms with Crippen molar-refractivity contribution in [3.05, 3.63) is 30.1 Å². The van der Waals surface area contributed by atoms with Crippen LogP contribution in [0.25, 0.3) is 10.9 Å². The molecule has 7 nitrogen and oxygen atoms in total. The number of anilines is 1. The third-order valence-corrected chi connectivity index (χ3v) is 7.05. The molecule has 1 saturated carbocycles. The first-order valence-corrected chi connectivity index (χ1v) is 11.9. The van der Waals surface area contributed by atoms with E-state index in [4.69, 9.17) is 0 Å². The Morgan fingerprint density at radius 1 is 1.21 bits per heavy atom. The van der Waals surface area contributed by atoms with E-state index < -0.39 is 11.7 Å². The SMILES string of the molecule is CC(C)[C@@H](O)[C@H]1CC[C@H](N2CC(NC(=O)CNc3nccc4ncc(C(F)(F)F)cc34)C2)CC1. The molecular weight excluding hydrogens is 447 g/mol. The summed E-state index contributed by atoms with van der Waals surface area (Å²) in [6.07, 6.45) is 1.70. The Morgan fingerprint density at radius 2 is 1.91 bits per heavy atom. The van der Waals surface area contributed by atoms with E-state index in [1.54, 1.807) is 0 Å². The molecule has 10 heteroatoms. The van der Waals surface area contributed by atoms with E-state index in [0.717, 1.165) is 51.0 Å². The van der Waals surface area contributed by atoms with Gasteiger partial charge in [-0.2, -0.15) is 13.2 Å². The van der Waals surface area contributed by atoms with E-state index in [1.165, 1.54) is 12.3 Å². The predicted octanol–water partition coefficient (Wildman–Crippen LogP) is 3.44. The van der Waals surface area contributed by atoms with Crippen molar-refractivity contribution in [3.63, 3.8) is 0 Å². The zero-order valence-electron chi connectivity index (χ0n) is 19.5. The van der Waals surface area contributed by atoms with Crippen LogP contribution in [0.15, 0.2) is 24.5 Å². The van der Waals surface area contributed by atoms with Gasteiger partial charge in [0.1, 0.15) is 5.82 Å². The molecule has 0 radical (unpaired) electrons. The van der Waals surface area contributed by atoms with Gasteiger partial charge in [0.2, 0.25) is 5.91 Å². The zero-order chi connectivity index (χ0) is 24.5. The van der Waals surface area contributed by atoms with Crippen LogP contribution in [-0.4, -0.2) is 63.7 Å². The fraction of sp³-hybridized carbons (Fsp3) is 0.625. The van der Waals surface area contributed by atoms with Gasteiger partial charge in [0.15, 0.2) is 0 Å². The van der Waals surface area contributed by atoms with Crippen molar-refractivity contribution < 1.29 is 23.1 Å². The number of likely N-dealkylation sites (tertiary alicyclic amines) is 1. The molecule has 3 N–H and O–H groups in total. The number of aliphatic hydroxyl groups is 1. The highest BCUT2D eigenvalue weighted by Gasteiger charge is 2.37. The Hall–Kier alpha value is -2.46. The summed E-state index contributed by atoms with van der Waals surface area (Å²) in [5.74, 6) is 0.629. The molecule has 1 aliphatic carbocycles. The standard InChI is InChI=1S/C24H32F3N5O2/c1-14(2)22(34)15-3-5-18(6-4-15)32-12-17(13-32)31-21(33)11-30-23-19-9-16(24(25,26)27)10-29-20(19)7-8-28-23/h7-10,14-15,17-18,22,34H,3-6,11-13H2,1-2H3,(H,28,30)(H,31,33)/t15-,18-,22-/m1/s1. The Balaban J connectivity index is 1.24. The maximum absolute atomic E-state index is 13.0. The second-order valence-corrected chi connectivity index (χ2v) is 9.82. The lowest BCUT2D eigenvalue weighted by atomic mass is 9.78. The number of aliphatic hydroxyl groups excluding tert-OH is 1. The molecule has 2 aliphatic rings. The van der Waals surface area contributed by atoms with Gasteiger partial charge in [0.05, 0.1) is 29.8 Å². The lowest BCUT2D eigenvalue weighted by molar-refractivity contribution is -0.137. The molecule has 3 heterocycles. The van der Waals surface area contributed by atoms with Gasteiger partial charge < -0.3 is 15.7 Å². The monoisotopic (exact) mass is 479 g/mol. The number of hydrogen-bond donors (Lipinski definition) is 3. The van der Waals surface area contributed by atoms with Crippen LogP contribution in [0.5, 0.6) is 0 Å². The van der Waals surface area contributed by atoms with Gasteiger partial charge in [0.25, 0.3) is 0 Å². The molecule has 0 bridgehead atoms. The predicted molar refractivity (Wildman–Crippen MR) is 123 cm³/mol. The molecule has 1 aliphatic heterocycles. The summed E-state index contributed by atoms with van der Waals surface area (Å²) in [7, 11) is 0. The Labute approximate surface area is 197 Å². The van der Waals surface area contributed by atoms with E-state index in [0.29, 0.717) is 17.5 Å². The van der Waals surface area contributed by atoms with Gasteiger partial charge in [0, 0.05) is 36.9 Å². The summed E-state index contributed by atoms with van der Waals surface area (Å²) in [6, 6.07) is 3.08. The largest absolute Gasteiger partial charge is 0.417 e. The quantitative estimate of drug-likeness (QED) is 0.564. The number of carbonyl (C=O) groups excluding carboxylic acids is 1. The van der Waals surface area contributed by atoms with Crippen molar-refractivity contribution in [2.75, 3.05) is 25.0 Å². The van der Waals surface area contributed by atoms with E-state index in [1.807, 2.05) is 0 Å². The van der Waals surface area contributed by atoms with E-state index in [-0.39, 0.29) is 41.7 Å². The topological polar surface area (TPSA) is 90.4 Å². The van der Waals surface area contributed by atoms with Crippen molar-refractivity contribution >= 4 is 22.6 Å². The van der Waals surface area contributed by atoms with Crippen molar-refractivity contribution in [3.8, 4) is 0 Å². The smallest absolute Gasteiger partial charge is 0.393 e. The minimum Gasteiger partial charge on any atom is -0.393 e. The molecule has 0 spiro atoms. The molecule has 186 valence electrons. The number of halogens is 3. The molecule has 4 rings (SSSR count). The van der Waals surface area contributed by atoms with Crippen molar-refractivity contribution in [1.29, 1.82) is 0 Å². The van der Waals surface area contributed by atoms with Crippen LogP contribution in [0.4, 0.5) is 19.0 Å². The molecular formula is C24H32F3N5O2. The van der Waals surface area contributed by atoms with Crippen molar-refractivity contribution in [1.82, 2.24) is 20.2 Å². The number of nitrogens with one attached hydrogen (secondary N) is 2. The van der Waals surface area contributed by atoms with E-state index in [2.05, 4.69) is 39.3 Å². The van der Waals surface area contributed by atoms with Crippen LogP contribution < -0.4 is 10.6 Å². The number of fused-ring (bicyclic) bond motifs is 1. The van der Waals surface area contributed by atoms with Gasteiger partial charge >= 0.3 is 6.18 Å². The summed E-state index contributed by atoms with van der Waals surface area (Å²) in [5.41, 5.74) is -0.487. The summed E-state index contributed by atoms with van der Waals surface area (Å²) < 4.78 is 39.1. The highest BCUT2D eigenvalue weighted by atomic mass is 19.4. The minimum absolute atomic E-state index is 0.0623. The average molecular weight is 480 g/mol. The lowest BCUT2D eigenvalue weighted by Gasteiger charge is -2.47. The van der Waals surface area contributed by atoms with Crippen LogP contribution >= 0.6 is 0 Å². The number of rotatable bonds is 7. The fourth-order valence-electron chi connectivity index (χ4n) is 5.04. The molecule has 0 unspecified atom stereocenters. The third kappa shape index (κ3) is 5.60. The molecule has 34 heavy (non-hydrogen) atoms. The Kier molecular flexibility index (Phi) is 7.28. The third-order valence-electron chi connectivity index (χ3n) is 7.05. The minimum atomic E-state index is -4.50. The number of alkyl halides is 3. The molecule has 2 aromatic rings. The molecule has 2 fully saturated rings. The summed E-state index contributed by atoms with van der Waals surface area (Å²) >= 11 is 0. The Bertz CT molecular complexity index is 1000. The number of carbonyl (C=O) groups is 1. The summed E-state index contributed by atoms with van der Waals surface area (Å²) in [4.78, 5) is 22.7. The lowest BCUT2D eigenvalue weighted by Crippen LogP contribution is -2.63. The second kappa shape index (κ2) is 10.0. The van der Waals surface area contributed by atoms with Crippen molar-refractivity contribution in [2.45, 2.75) is 63.9 Å². The second-order valence-electron chi connectivity index (χ2n) is 9.82. The van der Waals surface area contributed by atoms with Gasteiger partial charge in [-0.15, -0.1) is 0 Å². The number of aromatic nitrogens is 2. The fourth-order valence-corrected chi connectivity index (χ4v) is 5.04. The number of pyridine rings is 2. The van der Waals surface area contributed by atoms with Crippen LogP contribution in [0, 0.1) is 11.8 Å². The molecule has 0 aromatic carbocycles. The van der Waals surface area contributed by atoms with Crippen LogP contribution in [-0.2, 0) is 11.0 Å². The first kappa shape index (κ1) is 24.7. The van der Waals surface area contributed by atoms with Gasteiger partial charge in [-0.1, -0.05) is 13.8 Å². The van der Waals surface area contributed by atoms with Gasteiger partial charge in [-0.25, -0.2) is 4.98 Å². The van der Waals surface area contributed by atoms with Crippen LogP contribution in [0.1, 0.15) is 45.1 Å². The first-order valence-electron chi connectivity index (χ1n) is 11.9. The maximum atomic E-state index is 13.0. The normalized spacial score (nSPS) is 23.0. The molecule has 1 atom stereocenters. The van der Waals surface area contributed by atoms with Crippen molar-refractivity contribution in [2.24, 2.45) is 11.8 Å². The molecule has 1 amide bonds. The zero-order valence-corrected chi connectivity index (χ0v) is 19.5. The highest BCUT2D eigenvalue weighted by Crippen LogP contribution is 2.34. The van der Waals surface area contributed by atoms with Crippen LogP contribution in [0.2, 0.25) is 0 Å². The highest BCUT2D eigenvalue weighted by molar-refractivity contribution is 5.91. The summed E-state index contributed by atoms with van der Waals surface area (Å²) in [6.45, 7) is 5.61. The number of hydrogen-bond acceptors (Lipinski definition) is 6. The summed E-state index contributed by atoms with van der Waals surface area (Å²) in [5, 5.41) is 16.4.